The van der Waals surface area contributed by atoms with E-state index in [1.165, 1.54) is 19.5 Å². The summed E-state index contributed by atoms with van der Waals surface area (Å²) in [5.74, 6) is 0. The van der Waals surface area contributed by atoms with Crippen LogP contribution in [0.4, 0.5) is 0 Å². The van der Waals surface area contributed by atoms with E-state index in [1.54, 1.807) is 0 Å². The maximum Gasteiger partial charge on any atom is 2.00 e. The molecule has 0 aliphatic heterocycles. The van der Waals surface area contributed by atoms with Gasteiger partial charge < -0.3 is 8.56 Å². The minimum absolute atomic E-state index is 0. The topological polar surface area (TPSA) is 0 Å². The fraction of sp³-hybridized carbons (Fsp3) is 0. The zero-order valence-corrected chi connectivity index (χ0v) is 19.2. The van der Waals surface area contributed by atoms with E-state index in [0.717, 1.165) is 0 Å². The summed E-state index contributed by atoms with van der Waals surface area (Å²) in [6.45, 7) is 0. The normalized spacial score (nSPS) is 2.40. The quantitative estimate of drug-likeness (QED) is 0.396. The van der Waals surface area contributed by atoms with Crippen LogP contribution in [0.25, 0.3) is 0 Å². The van der Waals surface area contributed by atoms with Crippen LogP contribution in [0, 0.1) is 0 Å². The summed E-state index contributed by atoms with van der Waals surface area (Å²) >= 11 is 0. The Hall–Kier alpha value is 4.84. The van der Waals surface area contributed by atoms with Gasteiger partial charge in [0.05, 0.1) is 0 Å². The molecule has 0 aromatic carbocycles. The van der Waals surface area contributed by atoms with Crippen molar-refractivity contribution in [2.45, 2.75) is 0 Å². The van der Waals surface area contributed by atoms with Crippen LogP contribution >= 0.6 is 0 Å². The Kier molecular flexibility index (Phi) is 105. The Bertz CT molecular complexity index is 18.5. The van der Waals surface area contributed by atoms with Crippen molar-refractivity contribution in [2.75, 3.05) is 0 Å². The van der Waals surface area contributed by atoms with Gasteiger partial charge in [-0.25, -0.2) is 0 Å². The van der Waals surface area contributed by atoms with Gasteiger partial charge in [0.15, 0.2) is 0 Å². The van der Waals surface area contributed by atoms with Crippen LogP contribution in [0.5, 0.6) is 0 Å². The van der Waals surface area contributed by atoms with Gasteiger partial charge in [0.1, 0.15) is 0 Å². The van der Waals surface area contributed by atoms with Crippen LogP contribution in [0.1, 0.15) is 8.56 Å². The SMILES string of the molecule is [Ba+2].[Ba+2].[Ca+2].[H-].[H-].[H-].[H-].[H-].[H-].[SiH3][SiH3]. The van der Waals surface area contributed by atoms with Gasteiger partial charge in [-0.15, -0.1) is 0 Å². The van der Waals surface area contributed by atoms with Crippen LogP contribution in [0.3, 0.4) is 0 Å². The van der Waals surface area contributed by atoms with Gasteiger partial charge in [0.2, 0.25) is 0 Å². The van der Waals surface area contributed by atoms with Crippen molar-refractivity contribution in [3.05, 3.63) is 0 Å². The van der Waals surface area contributed by atoms with Crippen LogP contribution in [0.2, 0.25) is 0 Å². The fourth-order valence-electron chi connectivity index (χ4n) is 0. The third-order valence-corrected chi connectivity index (χ3v) is 0. The molecule has 5 heavy (non-hydrogen) atoms. The second-order valence-electron chi connectivity index (χ2n) is 0. The van der Waals surface area contributed by atoms with Crippen molar-refractivity contribution in [3.63, 3.8) is 0 Å². The first kappa shape index (κ1) is 22.5. The molecule has 0 amide bonds. The largest absolute Gasteiger partial charge is 2.00 e. The summed E-state index contributed by atoms with van der Waals surface area (Å²) in [7, 11) is 2.89. The van der Waals surface area contributed by atoms with Crippen LogP contribution in [-0.4, -0.2) is 155 Å². The average molecular weight is 383 g/mol. The van der Waals surface area contributed by atoms with Crippen LogP contribution in [0.15, 0.2) is 0 Å². The molecule has 5 heteroatoms. The van der Waals surface area contributed by atoms with Gasteiger partial charge in [0.25, 0.3) is 0 Å². The summed E-state index contributed by atoms with van der Waals surface area (Å²) in [4.78, 5) is 0. The standard InChI is InChI=1S/2Ba.Ca.H6Si2.6H/c;;;1-2;;;;;;/h;;;1-2H3;;;;;;/q3*+2;;6*-1. The van der Waals surface area contributed by atoms with E-state index < -0.39 is 0 Å². The van der Waals surface area contributed by atoms with E-state index in [1.807, 2.05) is 0 Å². The molecule has 0 bridgehead atoms. The molecule has 0 unspecified atom stereocenters. The van der Waals surface area contributed by atoms with Crippen LogP contribution < -0.4 is 0 Å². The first-order chi connectivity index (χ1) is 1.00. The van der Waals surface area contributed by atoms with Crippen molar-refractivity contribution < 1.29 is 8.56 Å². The molecule has 0 heterocycles. The molecule has 0 aromatic rings. The van der Waals surface area contributed by atoms with E-state index in [9.17, 15) is 0 Å². The monoisotopic (exact) mass is 384 g/mol. The molecule has 0 fully saturated rings. The van der Waals surface area contributed by atoms with Gasteiger partial charge in [-0.3, -0.25) is 0 Å². The second-order valence-corrected chi connectivity index (χ2v) is 0. The Balaban J connectivity index is -0.000000000139. The van der Waals surface area contributed by atoms with Crippen molar-refractivity contribution >= 4 is 155 Å². The number of hydrogen-bond donors (Lipinski definition) is 0. The van der Waals surface area contributed by atoms with Gasteiger partial charge in [-0.05, 0) is 19.5 Å². The molecule has 0 spiro atoms. The van der Waals surface area contributed by atoms with Gasteiger partial charge >= 0.3 is 136 Å². The molecular weight excluding hydrogens is 371 g/mol. The molecule has 0 saturated heterocycles. The summed E-state index contributed by atoms with van der Waals surface area (Å²) in [6.07, 6.45) is 0. The molecule has 0 radical (unpaired) electrons. The second kappa shape index (κ2) is 23.2. The molecule has 0 atom stereocenters. The number of rotatable bonds is 0. The fourth-order valence-corrected chi connectivity index (χ4v) is 0. The van der Waals surface area contributed by atoms with Gasteiger partial charge in [-0.1, -0.05) is 0 Å². The van der Waals surface area contributed by atoms with E-state index in [2.05, 4.69) is 0 Å². The third kappa shape index (κ3) is 17.7. The molecule has 0 nitrogen and oxygen atoms in total. The van der Waals surface area contributed by atoms with Gasteiger partial charge in [-0.2, -0.15) is 0 Å². The van der Waals surface area contributed by atoms with Crippen molar-refractivity contribution in [3.8, 4) is 0 Å². The molecule has 0 N–H and O–H groups in total. The molecule has 0 saturated carbocycles. The molecule has 0 aromatic heterocycles. The average Bonchev–Trinajstić information content (AvgIpc) is 1.00. The van der Waals surface area contributed by atoms with E-state index in [0.29, 0.717) is 0 Å². The molecule has 26 valence electrons. The van der Waals surface area contributed by atoms with E-state index >= 15 is 0 Å². The van der Waals surface area contributed by atoms with Crippen molar-refractivity contribution in [2.24, 2.45) is 0 Å². The molecular formula is H12Ba2CaSi2. The number of hydrogen-bond acceptors (Lipinski definition) is 0. The summed E-state index contributed by atoms with van der Waals surface area (Å²) in [6, 6.07) is 0. The predicted octanol–water partition coefficient (Wildman–Crippen LogP) is -2.84. The first-order valence-corrected chi connectivity index (χ1v) is 9.00. The molecule has 0 aliphatic carbocycles. The Labute approximate surface area is 159 Å². The molecule has 0 aliphatic rings. The summed E-state index contributed by atoms with van der Waals surface area (Å²) in [5, 5.41) is 0. The minimum atomic E-state index is 0. The Morgan fingerprint density at radius 1 is 1.00 bits per heavy atom. The smallest absolute Gasteiger partial charge is 1.00 e. The van der Waals surface area contributed by atoms with Crippen molar-refractivity contribution in [1.29, 1.82) is 0 Å². The van der Waals surface area contributed by atoms with E-state index in [-0.39, 0.29) is 144 Å². The minimum Gasteiger partial charge on any atom is -1.00 e. The Morgan fingerprint density at radius 3 is 1.00 bits per heavy atom. The maximum atomic E-state index is 1.44. The van der Waals surface area contributed by atoms with Gasteiger partial charge in [0, 0.05) is 0 Å². The van der Waals surface area contributed by atoms with Crippen LogP contribution in [-0.2, 0) is 0 Å². The zero-order valence-electron chi connectivity index (χ0n) is 10.1. The zero-order chi connectivity index (χ0) is 2.00. The Morgan fingerprint density at radius 2 is 1.00 bits per heavy atom. The molecule has 0 rings (SSSR count). The summed E-state index contributed by atoms with van der Waals surface area (Å²) in [5.41, 5.74) is 0. The van der Waals surface area contributed by atoms with Crippen molar-refractivity contribution in [1.82, 2.24) is 0 Å². The van der Waals surface area contributed by atoms with E-state index in [4.69, 9.17) is 0 Å². The maximum absolute atomic E-state index is 1.44. The third-order valence-electron chi connectivity index (χ3n) is 0. The predicted molar refractivity (Wildman–Crippen MR) is 43.8 cm³/mol. The first-order valence-electron chi connectivity index (χ1n) is 1.00. The summed E-state index contributed by atoms with van der Waals surface area (Å²) < 4.78 is 0.